The fourth-order valence-corrected chi connectivity index (χ4v) is 2.22. The normalized spacial score (nSPS) is 14.5. The summed E-state index contributed by atoms with van der Waals surface area (Å²) in [5.74, 6) is 0.428. The first-order chi connectivity index (χ1) is 10.7. The number of nitro groups is 1. The summed E-state index contributed by atoms with van der Waals surface area (Å²) in [4.78, 5) is 10.3. The first-order valence-electron chi connectivity index (χ1n) is 7.25. The van der Waals surface area contributed by atoms with Gasteiger partial charge in [0.1, 0.15) is 0 Å². The van der Waals surface area contributed by atoms with Crippen molar-refractivity contribution in [3.63, 3.8) is 0 Å². The van der Waals surface area contributed by atoms with Crippen molar-refractivity contribution in [2.45, 2.75) is 18.9 Å². The highest BCUT2D eigenvalue weighted by Gasteiger charge is 2.23. The molecule has 0 aromatic heterocycles. The zero-order valence-electron chi connectivity index (χ0n) is 12.0. The van der Waals surface area contributed by atoms with Gasteiger partial charge in [0.25, 0.3) is 6.20 Å². The lowest BCUT2D eigenvalue weighted by Gasteiger charge is -2.12. The number of benzene rings is 2. The van der Waals surface area contributed by atoms with Gasteiger partial charge in [0.15, 0.2) is 5.82 Å². The van der Waals surface area contributed by atoms with Gasteiger partial charge in [-0.15, -0.1) is 0 Å². The van der Waals surface area contributed by atoms with E-state index in [-0.39, 0.29) is 0 Å². The van der Waals surface area contributed by atoms with Gasteiger partial charge in [0.2, 0.25) is 0 Å². The maximum absolute atomic E-state index is 10.7. The van der Waals surface area contributed by atoms with Crippen molar-refractivity contribution in [1.29, 1.82) is 0 Å². The van der Waals surface area contributed by atoms with Crippen molar-refractivity contribution in [1.82, 2.24) is 5.32 Å². The zero-order chi connectivity index (χ0) is 15.4. The minimum Gasteiger partial charge on any atom is -0.364 e. The third kappa shape index (κ3) is 3.85. The number of nitrogens with zero attached hydrogens (tertiary/aromatic N) is 1. The average molecular weight is 295 g/mol. The van der Waals surface area contributed by atoms with Gasteiger partial charge in [0, 0.05) is 11.7 Å². The summed E-state index contributed by atoms with van der Waals surface area (Å²) in [6, 6.07) is 18.2. The van der Waals surface area contributed by atoms with Crippen LogP contribution in [-0.4, -0.2) is 11.0 Å². The van der Waals surface area contributed by atoms with E-state index in [0.717, 1.165) is 35.9 Å². The van der Waals surface area contributed by atoms with Crippen LogP contribution in [0.2, 0.25) is 0 Å². The van der Waals surface area contributed by atoms with Crippen molar-refractivity contribution >= 4 is 5.69 Å². The van der Waals surface area contributed by atoms with Crippen LogP contribution in [0.25, 0.3) is 11.1 Å². The van der Waals surface area contributed by atoms with E-state index in [2.05, 4.69) is 10.6 Å². The Morgan fingerprint density at radius 2 is 1.82 bits per heavy atom. The Morgan fingerprint density at radius 3 is 2.50 bits per heavy atom. The quantitative estimate of drug-likeness (QED) is 0.631. The molecule has 112 valence electrons. The van der Waals surface area contributed by atoms with Crippen molar-refractivity contribution in [3.8, 4) is 11.1 Å². The van der Waals surface area contributed by atoms with E-state index in [9.17, 15) is 10.1 Å². The lowest BCUT2D eigenvalue weighted by atomic mass is 10.1. The molecule has 0 spiro atoms. The number of nitrogens with one attached hydrogen (secondary N) is 2. The van der Waals surface area contributed by atoms with E-state index in [0.29, 0.717) is 11.9 Å². The van der Waals surface area contributed by atoms with Gasteiger partial charge >= 0.3 is 0 Å². The molecular weight excluding hydrogens is 278 g/mol. The van der Waals surface area contributed by atoms with Gasteiger partial charge < -0.3 is 10.6 Å². The highest BCUT2D eigenvalue weighted by Crippen LogP contribution is 2.24. The highest BCUT2D eigenvalue weighted by atomic mass is 16.6. The molecule has 2 aromatic carbocycles. The maximum Gasteiger partial charge on any atom is 0.274 e. The van der Waals surface area contributed by atoms with E-state index in [1.54, 1.807) is 0 Å². The number of anilines is 1. The van der Waals surface area contributed by atoms with Gasteiger partial charge in [-0.25, -0.2) is 0 Å². The Labute approximate surface area is 128 Å². The van der Waals surface area contributed by atoms with Crippen LogP contribution >= 0.6 is 0 Å². The van der Waals surface area contributed by atoms with Gasteiger partial charge in [-0.3, -0.25) is 10.1 Å². The summed E-state index contributed by atoms with van der Waals surface area (Å²) in [7, 11) is 0. The fourth-order valence-electron chi connectivity index (χ4n) is 2.22. The summed E-state index contributed by atoms with van der Waals surface area (Å²) in [6.45, 7) is 0. The number of hydrogen-bond donors (Lipinski definition) is 2. The van der Waals surface area contributed by atoms with Crippen LogP contribution in [0.4, 0.5) is 5.69 Å². The van der Waals surface area contributed by atoms with Crippen molar-refractivity contribution in [3.05, 3.63) is 76.7 Å². The minimum atomic E-state index is -0.446. The molecule has 1 aliphatic rings. The van der Waals surface area contributed by atoms with Gasteiger partial charge in [-0.1, -0.05) is 42.5 Å². The van der Waals surface area contributed by atoms with Crippen LogP contribution in [0.1, 0.15) is 12.8 Å². The second-order valence-electron chi connectivity index (χ2n) is 5.32. The molecule has 0 saturated heterocycles. The van der Waals surface area contributed by atoms with Crippen LogP contribution in [0, 0.1) is 10.1 Å². The van der Waals surface area contributed by atoms with Gasteiger partial charge in [-0.2, -0.15) is 0 Å². The molecule has 5 nitrogen and oxygen atoms in total. The molecule has 0 atom stereocenters. The third-order valence-corrected chi connectivity index (χ3v) is 3.42. The van der Waals surface area contributed by atoms with Gasteiger partial charge in [-0.05, 0) is 36.1 Å². The van der Waals surface area contributed by atoms with Crippen LogP contribution in [-0.2, 0) is 0 Å². The largest absolute Gasteiger partial charge is 0.364 e. The molecule has 0 aliphatic heterocycles. The zero-order valence-corrected chi connectivity index (χ0v) is 12.0. The number of hydrogen-bond acceptors (Lipinski definition) is 4. The molecule has 3 rings (SSSR count). The lowest BCUT2D eigenvalue weighted by Crippen LogP contribution is -2.22. The summed E-state index contributed by atoms with van der Waals surface area (Å²) in [5.41, 5.74) is 3.00. The molecule has 0 bridgehead atoms. The van der Waals surface area contributed by atoms with Crippen LogP contribution in [0.3, 0.4) is 0 Å². The van der Waals surface area contributed by atoms with E-state index in [1.165, 1.54) is 0 Å². The summed E-state index contributed by atoms with van der Waals surface area (Å²) >= 11 is 0. The first kappa shape index (κ1) is 14.1. The Morgan fingerprint density at radius 1 is 1.09 bits per heavy atom. The summed E-state index contributed by atoms with van der Waals surface area (Å²) < 4.78 is 0. The SMILES string of the molecule is O=[N+]([O-])/C=C(/Nc1cccc(-c2ccccc2)c1)NC1CC1. The van der Waals surface area contributed by atoms with Crippen LogP contribution in [0.5, 0.6) is 0 Å². The molecule has 1 aliphatic carbocycles. The predicted octanol–water partition coefficient (Wildman–Crippen LogP) is 3.59. The van der Waals surface area contributed by atoms with Crippen molar-refractivity contribution < 1.29 is 4.92 Å². The second-order valence-corrected chi connectivity index (χ2v) is 5.32. The standard InChI is InChI=1S/C17H17N3O2/c21-20(22)12-17(18-15-9-10-15)19-16-8-4-7-14(11-16)13-5-2-1-3-6-13/h1-8,11-12,15,18-19H,9-10H2/b17-12+. The van der Waals surface area contributed by atoms with Crippen molar-refractivity contribution in [2.24, 2.45) is 0 Å². The highest BCUT2D eigenvalue weighted by molar-refractivity contribution is 5.68. The average Bonchev–Trinajstić information content (AvgIpc) is 3.32. The molecule has 2 N–H and O–H groups in total. The van der Waals surface area contributed by atoms with Crippen molar-refractivity contribution in [2.75, 3.05) is 5.32 Å². The molecule has 5 heteroatoms. The van der Waals surface area contributed by atoms with E-state index >= 15 is 0 Å². The Bertz CT molecular complexity index is 694. The predicted molar refractivity (Wildman–Crippen MR) is 86.7 cm³/mol. The van der Waals surface area contributed by atoms with Crippen LogP contribution < -0.4 is 10.6 Å². The van der Waals surface area contributed by atoms with E-state index in [1.807, 2.05) is 54.6 Å². The molecule has 0 heterocycles. The molecule has 2 aromatic rings. The monoisotopic (exact) mass is 295 g/mol. The van der Waals surface area contributed by atoms with Crippen LogP contribution in [0.15, 0.2) is 66.6 Å². The molecular formula is C17H17N3O2. The Kier molecular flexibility index (Phi) is 4.05. The summed E-state index contributed by atoms with van der Waals surface area (Å²) in [6.07, 6.45) is 3.09. The molecule has 1 saturated carbocycles. The fraction of sp³-hybridized carbons (Fsp3) is 0.176. The third-order valence-electron chi connectivity index (χ3n) is 3.42. The molecule has 22 heavy (non-hydrogen) atoms. The maximum atomic E-state index is 10.7. The Hall–Kier alpha value is -2.82. The second kappa shape index (κ2) is 6.30. The van der Waals surface area contributed by atoms with Gasteiger partial charge in [0.05, 0.1) is 4.92 Å². The smallest absolute Gasteiger partial charge is 0.274 e. The van der Waals surface area contributed by atoms with E-state index < -0.39 is 4.92 Å². The lowest BCUT2D eigenvalue weighted by molar-refractivity contribution is -0.403. The topological polar surface area (TPSA) is 67.2 Å². The molecule has 1 fully saturated rings. The first-order valence-corrected chi connectivity index (χ1v) is 7.25. The minimum absolute atomic E-state index is 0.344. The summed E-state index contributed by atoms with van der Waals surface area (Å²) in [5, 5.41) is 17.0. The molecule has 0 radical (unpaired) electrons. The molecule has 0 unspecified atom stereocenters. The molecule has 0 amide bonds. The Balaban J connectivity index is 1.80. The van der Waals surface area contributed by atoms with E-state index in [4.69, 9.17) is 0 Å². The number of rotatable bonds is 6.